The lowest BCUT2D eigenvalue weighted by Gasteiger charge is -2.14. The summed E-state index contributed by atoms with van der Waals surface area (Å²) < 4.78 is 16.4. The van der Waals surface area contributed by atoms with Crippen LogP contribution in [0.25, 0.3) is 6.08 Å². The number of benzene rings is 2. The zero-order valence-electron chi connectivity index (χ0n) is 14.9. The highest BCUT2D eigenvalue weighted by Gasteiger charge is 2.19. The minimum Gasteiger partial charge on any atom is -0.493 e. The maximum Gasteiger partial charge on any atom is 0.352 e. The molecule has 2 aromatic carbocycles. The monoisotopic (exact) mass is 435 g/mol. The number of ether oxygens (including phenoxy) is 3. The molecule has 2 aromatic rings. The molecule has 0 bridgehead atoms. The van der Waals surface area contributed by atoms with Crippen LogP contribution in [0.2, 0.25) is 0 Å². The third kappa shape index (κ3) is 5.01. The SMILES string of the molecule is COc1cc(C(=O)NC(=Cc2cccc(Br)c2)C(=O)O)cc(OC)c1OC. The van der Waals surface area contributed by atoms with Crippen LogP contribution in [0.4, 0.5) is 0 Å². The van der Waals surface area contributed by atoms with Crippen LogP contribution in [0.15, 0.2) is 46.6 Å². The van der Waals surface area contributed by atoms with Crippen LogP contribution in [-0.2, 0) is 4.79 Å². The molecule has 2 N–H and O–H groups in total. The van der Waals surface area contributed by atoms with Gasteiger partial charge in [-0.25, -0.2) is 4.79 Å². The van der Waals surface area contributed by atoms with E-state index in [9.17, 15) is 14.7 Å². The summed E-state index contributed by atoms with van der Waals surface area (Å²) in [5, 5.41) is 11.8. The van der Waals surface area contributed by atoms with E-state index >= 15 is 0 Å². The number of rotatable bonds is 7. The van der Waals surface area contributed by atoms with Crippen molar-refractivity contribution in [2.45, 2.75) is 0 Å². The third-order valence-corrected chi connectivity index (χ3v) is 4.06. The van der Waals surface area contributed by atoms with Gasteiger partial charge in [-0.15, -0.1) is 0 Å². The highest BCUT2D eigenvalue weighted by molar-refractivity contribution is 9.10. The maximum atomic E-state index is 12.6. The second kappa shape index (κ2) is 9.09. The van der Waals surface area contributed by atoms with Crippen molar-refractivity contribution in [2.24, 2.45) is 0 Å². The van der Waals surface area contributed by atoms with E-state index in [-0.39, 0.29) is 22.8 Å². The molecule has 0 aliphatic rings. The predicted molar refractivity (Wildman–Crippen MR) is 103 cm³/mol. The summed E-state index contributed by atoms with van der Waals surface area (Å²) >= 11 is 3.32. The van der Waals surface area contributed by atoms with Crippen LogP contribution in [0.5, 0.6) is 17.2 Å². The molecule has 142 valence electrons. The minimum absolute atomic E-state index is 0.158. The van der Waals surface area contributed by atoms with Gasteiger partial charge in [0.1, 0.15) is 5.70 Å². The number of carbonyl (C=O) groups excluding carboxylic acids is 1. The number of carboxylic acids is 1. The molecule has 0 atom stereocenters. The summed E-state index contributed by atoms with van der Waals surface area (Å²) in [5.41, 5.74) is 0.504. The van der Waals surface area contributed by atoms with Gasteiger partial charge in [0, 0.05) is 10.0 Å². The van der Waals surface area contributed by atoms with Gasteiger partial charge in [-0.1, -0.05) is 28.1 Å². The Morgan fingerprint density at radius 2 is 1.67 bits per heavy atom. The van der Waals surface area contributed by atoms with E-state index in [1.807, 2.05) is 6.07 Å². The standard InChI is InChI=1S/C19H18BrNO6/c1-25-15-9-12(10-16(26-2)17(15)27-3)18(22)21-14(19(23)24)8-11-5-4-6-13(20)7-11/h4-10H,1-3H3,(H,21,22)(H,23,24). The van der Waals surface area contributed by atoms with E-state index in [4.69, 9.17) is 14.2 Å². The zero-order valence-corrected chi connectivity index (χ0v) is 16.5. The van der Waals surface area contributed by atoms with Gasteiger partial charge < -0.3 is 24.6 Å². The lowest BCUT2D eigenvalue weighted by Crippen LogP contribution is -2.27. The predicted octanol–water partition coefficient (Wildman–Crippen LogP) is 3.33. The maximum absolute atomic E-state index is 12.6. The van der Waals surface area contributed by atoms with E-state index in [2.05, 4.69) is 21.2 Å². The van der Waals surface area contributed by atoms with Crippen molar-refractivity contribution in [3.05, 3.63) is 57.7 Å². The Labute approximate surface area is 164 Å². The summed E-state index contributed by atoms with van der Waals surface area (Å²) in [7, 11) is 4.30. The number of hydrogen-bond donors (Lipinski definition) is 2. The fourth-order valence-corrected chi connectivity index (χ4v) is 2.74. The van der Waals surface area contributed by atoms with Crippen LogP contribution >= 0.6 is 15.9 Å². The first-order valence-electron chi connectivity index (χ1n) is 7.71. The molecule has 2 rings (SSSR count). The summed E-state index contributed by atoms with van der Waals surface area (Å²) in [6, 6.07) is 9.90. The Morgan fingerprint density at radius 1 is 1.04 bits per heavy atom. The number of carbonyl (C=O) groups is 2. The number of carboxylic acid groups (broad SMARTS) is 1. The smallest absolute Gasteiger partial charge is 0.352 e. The van der Waals surface area contributed by atoms with Gasteiger partial charge in [-0.3, -0.25) is 4.79 Å². The second-order valence-electron chi connectivity index (χ2n) is 5.29. The molecule has 0 saturated carbocycles. The molecule has 0 unspecified atom stereocenters. The van der Waals surface area contributed by atoms with Crippen LogP contribution in [0.1, 0.15) is 15.9 Å². The molecule has 0 fully saturated rings. The first-order valence-corrected chi connectivity index (χ1v) is 8.50. The summed E-state index contributed by atoms with van der Waals surface area (Å²) in [6.07, 6.45) is 1.36. The van der Waals surface area contributed by atoms with Gasteiger partial charge in [0.25, 0.3) is 5.91 Å². The van der Waals surface area contributed by atoms with Crippen molar-refractivity contribution in [3.63, 3.8) is 0 Å². The van der Waals surface area contributed by atoms with Crippen molar-refractivity contribution in [1.29, 1.82) is 0 Å². The molecule has 1 amide bonds. The molecule has 0 heterocycles. The summed E-state index contributed by atoms with van der Waals surface area (Å²) in [5.74, 6) is -0.988. The van der Waals surface area contributed by atoms with Gasteiger partial charge in [0.2, 0.25) is 5.75 Å². The molecule has 8 heteroatoms. The Morgan fingerprint density at radius 3 is 2.15 bits per heavy atom. The van der Waals surface area contributed by atoms with Crippen molar-refractivity contribution in [2.75, 3.05) is 21.3 Å². The quantitative estimate of drug-likeness (QED) is 0.647. The first kappa shape index (κ1) is 20.3. The average molecular weight is 436 g/mol. The van der Waals surface area contributed by atoms with Gasteiger partial charge >= 0.3 is 5.97 Å². The van der Waals surface area contributed by atoms with Crippen molar-refractivity contribution < 1.29 is 28.9 Å². The Hall–Kier alpha value is -3.00. The molecular weight excluding hydrogens is 418 g/mol. The molecule has 0 aliphatic carbocycles. The second-order valence-corrected chi connectivity index (χ2v) is 6.20. The van der Waals surface area contributed by atoms with Gasteiger partial charge in [0.15, 0.2) is 11.5 Å². The Bertz CT molecular complexity index is 869. The van der Waals surface area contributed by atoms with Crippen molar-refractivity contribution in [3.8, 4) is 17.2 Å². The van der Waals surface area contributed by atoms with Crippen LogP contribution < -0.4 is 19.5 Å². The molecule has 27 heavy (non-hydrogen) atoms. The van der Waals surface area contributed by atoms with Crippen molar-refractivity contribution in [1.82, 2.24) is 5.32 Å². The fraction of sp³-hybridized carbons (Fsp3) is 0.158. The lowest BCUT2D eigenvalue weighted by molar-refractivity contribution is -0.132. The molecule has 7 nitrogen and oxygen atoms in total. The number of aliphatic carboxylic acids is 1. The van der Waals surface area contributed by atoms with Crippen molar-refractivity contribution >= 4 is 33.9 Å². The van der Waals surface area contributed by atoms with E-state index < -0.39 is 11.9 Å². The normalized spacial score (nSPS) is 10.9. The van der Waals surface area contributed by atoms with E-state index in [1.165, 1.54) is 39.5 Å². The highest BCUT2D eigenvalue weighted by Crippen LogP contribution is 2.38. The van der Waals surface area contributed by atoms with Gasteiger partial charge in [-0.2, -0.15) is 0 Å². The molecule has 0 aromatic heterocycles. The molecule has 0 spiro atoms. The Kier molecular flexibility index (Phi) is 6.84. The number of halogens is 1. The number of amides is 1. The van der Waals surface area contributed by atoms with Crippen LogP contribution in [0, 0.1) is 0 Å². The Balaban J connectivity index is 2.37. The third-order valence-electron chi connectivity index (χ3n) is 3.57. The zero-order chi connectivity index (χ0) is 20.0. The first-order chi connectivity index (χ1) is 12.9. The van der Waals surface area contributed by atoms with Crippen LogP contribution in [0.3, 0.4) is 0 Å². The highest BCUT2D eigenvalue weighted by atomic mass is 79.9. The fourth-order valence-electron chi connectivity index (χ4n) is 2.32. The van der Waals surface area contributed by atoms with Gasteiger partial charge in [0.05, 0.1) is 21.3 Å². The molecule has 0 radical (unpaired) electrons. The topological polar surface area (TPSA) is 94.1 Å². The van der Waals surface area contributed by atoms with E-state index in [1.54, 1.807) is 18.2 Å². The largest absolute Gasteiger partial charge is 0.493 e. The number of nitrogens with one attached hydrogen (secondary N) is 1. The van der Waals surface area contributed by atoms with E-state index in [0.29, 0.717) is 11.3 Å². The molecule has 0 saturated heterocycles. The summed E-state index contributed by atoms with van der Waals surface area (Å²) in [6.45, 7) is 0. The number of methoxy groups -OCH3 is 3. The molecule has 0 aliphatic heterocycles. The average Bonchev–Trinajstić information content (AvgIpc) is 2.65. The van der Waals surface area contributed by atoms with Gasteiger partial charge in [-0.05, 0) is 35.9 Å². The van der Waals surface area contributed by atoms with E-state index in [0.717, 1.165) is 4.47 Å². The minimum atomic E-state index is -1.27. The summed E-state index contributed by atoms with van der Waals surface area (Å²) in [4.78, 5) is 24.1. The lowest BCUT2D eigenvalue weighted by atomic mass is 10.1. The van der Waals surface area contributed by atoms with Crippen LogP contribution in [-0.4, -0.2) is 38.3 Å². The number of hydrogen-bond acceptors (Lipinski definition) is 5. The molecular formula is C19H18BrNO6.